The summed E-state index contributed by atoms with van der Waals surface area (Å²) in [5, 5.41) is 6.85. The molecule has 0 unspecified atom stereocenters. The van der Waals surface area contributed by atoms with Crippen molar-refractivity contribution in [3.63, 3.8) is 0 Å². The molecular weight excluding hydrogens is 572 g/mol. The van der Waals surface area contributed by atoms with E-state index in [4.69, 9.17) is 4.42 Å². The molecule has 42 heavy (non-hydrogen) atoms. The number of anilines is 1. The van der Waals surface area contributed by atoms with Crippen LogP contribution in [-0.2, 0) is 17.7 Å². The molecule has 0 spiro atoms. The average molecular weight is 607 g/mol. The van der Waals surface area contributed by atoms with E-state index in [-0.39, 0.29) is 49.0 Å². The summed E-state index contributed by atoms with van der Waals surface area (Å²) < 4.78 is 58.1. The minimum atomic E-state index is -3.26. The van der Waals surface area contributed by atoms with Gasteiger partial charge in [0.05, 0.1) is 6.54 Å². The molecule has 0 atom stereocenters. The standard InChI is InChI=1S/C28H34F3N6O4P/c1-2-34-8-10-35(11-9-34)18-20-4-3-5-23(16-20)37(28(38)36-12-14-42(39,40)15-13-36)19-22-7-6-21(17-24(22)29)26-32-33-27(41-26)25(30)31/h3-7,16-17,25H,2,8-15,18-19H2,1H3,(H,39,40). The minimum absolute atomic E-state index is 0.00417. The fraction of sp³-hybridized carbons (Fsp3) is 0.464. The smallest absolute Gasteiger partial charge is 0.324 e. The summed E-state index contributed by atoms with van der Waals surface area (Å²) >= 11 is 0. The lowest BCUT2D eigenvalue weighted by molar-refractivity contribution is 0.116. The van der Waals surface area contributed by atoms with Gasteiger partial charge in [0.25, 0.3) is 5.89 Å². The number of amides is 2. The van der Waals surface area contributed by atoms with Crippen LogP contribution in [0.1, 0.15) is 30.4 Å². The lowest BCUT2D eigenvalue weighted by atomic mass is 10.1. The lowest BCUT2D eigenvalue weighted by Crippen LogP contribution is -2.47. The number of urea groups is 1. The highest BCUT2D eigenvalue weighted by Gasteiger charge is 2.32. The van der Waals surface area contributed by atoms with E-state index in [1.165, 1.54) is 21.9 Å². The third-order valence-corrected chi connectivity index (χ3v) is 9.53. The first-order valence-corrected chi connectivity index (χ1v) is 16.0. The predicted molar refractivity (Wildman–Crippen MR) is 151 cm³/mol. The molecule has 5 rings (SSSR count). The fourth-order valence-electron chi connectivity index (χ4n) is 5.17. The van der Waals surface area contributed by atoms with Crippen LogP contribution < -0.4 is 4.90 Å². The second kappa shape index (κ2) is 12.9. The van der Waals surface area contributed by atoms with Crippen molar-refractivity contribution in [2.75, 3.05) is 63.0 Å². The number of hydrogen-bond acceptors (Lipinski definition) is 7. The van der Waals surface area contributed by atoms with Gasteiger partial charge in [0.1, 0.15) is 5.82 Å². The third kappa shape index (κ3) is 7.20. The van der Waals surface area contributed by atoms with Crippen LogP contribution in [0.4, 0.5) is 23.7 Å². The average Bonchev–Trinajstić information content (AvgIpc) is 3.48. The quantitative estimate of drug-likeness (QED) is 0.369. The lowest BCUT2D eigenvalue weighted by Gasteiger charge is -2.35. The van der Waals surface area contributed by atoms with Crippen LogP contribution in [0.15, 0.2) is 46.9 Å². The van der Waals surface area contributed by atoms with Crippen LogP contribution >= 0.6 is 7.37 Å². The molecule has 14 heteroatoms. The highest BCUT2D eigenvalue weighted by Crippen LogP contribution is 2.42. The van der Waals surface area contributed by atoms with Gasteiger partial charge in [-0.25, -0.2) is 9.18 Å². The Morgan fingerprint density at radius 2 is 1.76 bits per heavy atom. The number of nitrogens with zero attached hydrogens (tertiary/aromatic N) is 6. The van der Waals surface area contributed by atoms with E-state index in [1.54, 1.807) is 6.07 Å². The van der Waals surface area contributed by atoms with Gasteiger partial charge in [-0.15, -0.1) is 10.2 Å². The Morgan fingerprint density at radius 3 is 2.40 bits per heavy atom. The van der Waals surface area contributed by atoms with Crippen molar-refractivity contribution in [1.29, 1.82) is 0 Å². The molecule has 0 bridgehead atoms. The molecule has 3 heterocycles. The maximum Gasteiger partial charge on any atom is 0.324 e. The number of halogens is 3. The predicted octanol–water partition coefficient (Wildman–Crippen LogP) is 4.66. The molecule has 1 aromatic heterocycles. The number of piperazine rings is 1. The first kappa shape index (κ1) is 30.2. The molecule has 2 amide bonds. The number of rotatable bonds is 8. The van der Waals surface area contributed by atoms with E-state index in [1.807, 2.05) is 18.2 Å². The highest BCUT2D eigenvalue weighted by atomic mass is 31.2. The zero-order valence-corrected chi connectivity index (χ0v) is 24.2. The summed E-state index contributed by atoms with van der Waals surface area (Å²) in [5.41, 5.74) is 1.90. The van der Waals surface area contributed by atoms with E-state index in [9.17, 15) is 23.0 Å². The van der Waals surface area contributed by atoms with Gasteiger partial charge in [-0.05, 0) is 36.4 Å². The second-order valence-corrected chi connectivity index (χ2v) is 13.2. The van der Waals surface area contributed by atoms with Crippen molar-refractivity contribution in [3.8, 4) is 11.5 Å². The Balaban J connectivity index is 1.39. The maximum absolute atomic E-state index is 15.4. The molecule has 2 aromatic carbocycles. The SMILES string of the molecule is CCN1CCN(Cc2cccc(N(Cc3ccc(-c4nnc(C(F)F)o4)cc3F)C(=O)N3CCP(=O)(O)CC3)c2)CC1. The molecule has 3 aromatic rings. The monoisotopic (exact) mass is 606 g/mol. The molecule has 2 aliphatic heterocycles. The van der Waals surface area contributed by atoms with Gasteiger partial charge in [-0.1, -0.05) is 25.1 Å². The van der Waals surface area contributed by atoms with Crippen molar-refractivity contribution in [2.45, 2.75) is 26.4 Å². The van der Waals surface area contributed by atoms with Crippen LogP contribution in [0.2, 0.25) is 0 Å². The van der Waals surface area contributed by atoms with Crippen molar-refractivity contribution in [3.05, 3.63) is 65.3 Å². The summed E-state index contributed by atoms with van der Waals surface area (Å²) in [6.07, 6.45) is -2.94. The molecule has 0 saturated carbocycles. The first-order chi connectivity index (χ1) is 20.1. The van der Waals surface area contributed by atoms with Gasteiger partial charge in [-0.3, -0.25) is 14.4 Å². The van der Waals surface area contributed by atoms with Crippen molar-refractivity contribution < 1.29 is 31.8 Å². The topological polar surface area (TPSA) is 106 Å². The van der Waals surface area contributed by atoms with Gasteiger partial charge in [-0.2, -0.15) is 8.78 Å². The maximum atomic E-state index is 15.4. The Kier molecular flexibility index (Phi) is 9.32. The number of likely N-dealkylation sites (N-methyl/N-ethyl adjacent to an activating group) is 1. The second-order valence-electron chi connectivity index (χ2n) is 10.6. The molecule has 1 N–H and O–H groups in total. The van der Waals surface area contributed by atoms with Crippen LogP contribution in [0.3, 0.4) is 0 Å². The van der Waals surface area contributed by atoms with Crippen LogP contribution in [0, 0.1) is 5.82 Å². The van der Waals surface area contributed by atoms with Crippen LogP contribution in [-0.4, -0.2) is 94.0 Å². The normalized spacial score (nSPS) is 18.0. The van der Waals surface area contributed by atoms with E-state index in [2.05, 4.69) is 26.9 Å². The molecule has 2 fully saturated rings. The van der Waals surface area contributed by atoms with Crippen molar-refractivity contribution in [1.82, 2.24) is 24.9 Å². The summed E-state index contributed by atoms with van der Waals surface area (Å²) in [6, 6.07) is 11.2. The van der Waals surface area contributed by atoms with E-state index < -0.39 is 31.5 Å². The summed E-state index contributed by atoms with van der Waals surface area (Å²) in [4.78, 5) is 31.5. The van der Waals surface area contributed by atoms with Crippen LogP contribution in [0.25, 0.3) is 11.5 Å². The van der Waals surface area contributed by atoms with E-state index in [0.717, 1.165) is 44.4 Å². The fourth-order valence-corrected chi connectivity index (χ4v) is 6.50. The summed E-state index contributed by atoms with van der Waals surface area (Å²) in [6.45, 7) is 7.85. The summed E-state index contributed by atoms with van der Waals surface area (Å²) in [7, 11) is -3.26. The van der Waals surface area contributed by atoms with Gasteiger partial charge in [0.2, 0.25) is 13.3 Å². The van der Waals surface area contributed by atoms with Crippen molar-refractivity contribution in [2.24, 2.45) is 0 Å². The van der Waals surface area contributed by atoms with Crippen molar-refractivity contribution >= 4 is 19.1 Å². The molecular formula is C28H34F3N6O4P. The van der Waals surface area contributed by atoms with Crippen LogP contribution in [0.5, 0.6) is 0 Å². The Hall–Kier alpha value is -3.25. The number of alkyl halides is 2. The number of aromatic nitrogens is 2. The largest absolute Gasteiger partial charge is 0.415 e. The molecule has 2 saturated heterocycles. The van der Waals surface area contributed by atoms with Gasteiger partial charge in [0, 0.05) is 75.0 Å². The van der Waals surface area contributed by atoms with E-state index >= 15 is 4.39 Å². The zero-order chi connectivity index (χ0) is 29.9. The molecule has 2 aliphatic rings. The Morgan fingerprint density at radius 1 is 1.05 bits per heavy atom. The molecule has 0 aliphatic carbocycles. The van der Waals surface area contributed by atoms with Gasteiger partial charge < -0.3 is 19.1 Å². The number of carbonyl (C=O) groups is 1. The Labute approximate surface area is 242 Å². The molecule has 10 nitrogen and oxygen atoms in total. The minimum Gasteiger partial charge on any atom is -0.415 e. The zero-order valence-electron chi connectivity index (χ0n) is 23.3. The number of carbonyl (C=O) groups excluding carboxylic acids is 1. The summed E-state index contributed by atoms with van der Waals surface area (Å²) in [5.74, 6) is -1.77. The van der Waals surface area contributed by atoms with E-state index in [0.29, 0.717) is 12.2 Å². The highest BCUT2D eigenvalue weighted by molar-refractivity contribution is 7.58. The third-order valence-electron chi connectivity index (χ3n) is 7.74. The number of hydrogen-bond donors (Lipinski definition) is 1. The molecule has 0 radical (unpaired) electrons. The van der Waals surface area contributed by atoms with Gasteiger partial charge >= 0.3 is 12.5 Å². The van der Waals surface area contributed by atoms with Gasteiger partial charge in [0.15, 0.2) is 0 Å². The first-order valence-electron chi connectivity index (χ1n) is 13.9. The number of benzene rings is 2. The molecule has 226 valence electrons. The Bertz CT molecular complexity index is 1440.